The van der Waals surface area contributed by atoms with Gasteiger partial charge in [-0.05, 0) is 0 Å². The minimum atomic E-state index is -2.57. The first-order chi connectivity index (χ1) is 9.29. The smallest absolute Gasteiger partial charge is 0.256 e. The second kappa shape index (κ2) is 6.65. The summed E-state index contributed by atoms with van der Waals surface area (Å²) < 4.78 is 24.5. The number of carbonyl (C=O) groups is 2. The highest BCUT2D eigenvalue weighted by atomic mass is 32.1. The summed E-state index contributed by atoms with van der Waals surface area (Å²) in [5, 5.41) is 5.03. The molecule has 1 aromatic rings. The molecule has 5 nitrogen and oxygen atoms in total. The van der Waals surface area contributed by atoms with Crippen molar-refractivity contribution in [3.63, 3.8) is 0 Å². The van der Waals surface area contributed by atoms with E-state index >= 15 is 0 Å². The van der Waals surface area contributed by atoms with E-state index in [1.165, 1.54) is 7.05 Å². The Kier molecular flexibility index (Phi) is 5.43. The van der Waals surface area contributed by atoms with Crippen molar-refractivity contribution in [1.82, 2.24) is 5.32 Å². The Bertz CT molecular complexity index is 515. The van der Waals surface area contributed by atoms with Crippen molar-refractivity contribution in [2.45, 2.75) is 20.3 Å². The number of nitrogens with one attached hydrogen (secondary N) is 2. The topological polar surface area (TPSA) is 84.2 Å². The Labute approximate surface area is 119 Å². The number of thiophene rings is 1. The largest absolute Gasteiger partial charge is 0.397 e. The predicted octanol–water partition coefficient (Wildman–Crippen LogP) is 2.21. The van der Waals surface area contributed by atoms with Gasteiger partial charge in [0.2, 0.25) is 0 Å². The number of amides is 1. The van der Waals surface area contributed by atoms with Crippen molar-refractivity contribution in [2.75, 3.05) is 24.6 Å². The molecule has 0 aliphatic carbocycles. The van der Waals surface area contributed by atoms with Crippen molar-refractivity contribution in [1.29, 1.82) is 0 Å². The van der Waals surface area contributed by atoms with E-state index < -0.39 is 18.9 Å². The molecule has 4 N–H and O–H groups in total. The lowest BCUT2D eigenvalue weighted by molar-refractivity contribution is 0.0944. The molecule has 0 bridgehead atoms. The molecule has 1 rings (SSSR count). The molecule has 0 radical (unpaired) electrons. The number of Topliss-reactive ketones (excluding diaryl/α,β-unsaturated/α-hetero) is 1. The van der Waals surface area contributed by atoms with Gasteiger partial charge in [-0.25, -0.2) is 8.78 Å². The van der Waals surface area contributed by atoms with E-state index in [0.717, 1.165) is 11.3 Å². The van der Waals surface area contributed by atoms with Crippen molar-refractivity contribution >= 4 is 33.7 Å². The summed E-state index contributed by atoms with van der Waals surface area (Å²) in [5.41, 5.74) is 5.90. The molecule has 0 spiro atoms. The van der Waals surface area contributed by atoms with Crippen molar-refractivity contribution < 1.29 is 18.4 Å². The number of hydrogen-bond donors (Lipinski definition) is 3. The minimum absolute atomic E-state index is 0.0322. The van der Waals surface area contributed by atoms with Crippen LogP contribution in [0.1, 0.15) is 33.9 Å². The van der Waals surface area contributed by atoms with Gasteiger partial charge in [-0.1, -0.05) is 13.8 Å². The number of alkyl halides is 2. The lowest BCUT2D eigenvalue weighted by Gasteiger charge is -2.06. The van der Waals surface area contributed by atoms with Crippen LogP contribution >= 0.6 is 11.3 Å². The van der Waals surface area contributed by atoms with Crippen LogP contribution in [0.3, 0.4) is 0 Å². The average Bonchev–Trinajstić information content (AvgIpc) is 2.71. The lowest BCUT2D eigenvalue weighted by Crippen LogP contribution is -2.21. The van der Waals surface area contributed by atoms with Crippen LogP contribution in [0, 0.1) is 5.92 Å². The Morgan fingerprint density at radius 1 is 1.35 bits per heavy atom. The molecule has 0 saturated carbocycles. The number of nitrogen functional groups attached to an aromatic ring is 1. The van der Waals surface area contributed by atoms with Crippen LogP contribution in [-0.4, -0.2) is 31.7 Å². The summed E-state index contributed by atoms with van der Waals surface area (Å²) >= 11 is 0.928. The Morgan fingerprint density at radius 3 is 2.40 bits per heavy atom. The summed E-state index contributed by atoms with van der Waals surface area (Å²) in [6.45, 7) is 2.79. The number of anilines is 2. The molecular weight excluding hydrogens is 288 g/mol. The highest BCUT2D eigenvalue weighted by Gasteiger charge is 2.26. The number of hydrogen-bond acceptors (Lipinski definition) is 5. The molecule has 1 aromatic heterocycles. The van der Waals surface area contributed by atoms with E-state index in [9.17, 15) is 18.4 Å². The fourth-order valence-electron chi connectivity index (χ4n) is 1.53. The molecule has 112 valence electrons. The Hall–Kier alpha value is -1.70. The quantitative estimate of drug-likeness (QED) is 0.704. The van der Waals surface area contributed by atoms with E-state index in [1.807, 2.05) is 0 Å². The summed E-state index contributed by atoms with van der Waals surface area (Å²) in [6.07, 6.45) is -2.57. The minimum Gasteiger partial charge on any atom is -0.397 e. The van der Waals surface area contributed by atoms with Crippen molar-refractivity contribution in [3.05, 3.63) is 10.4 Å². The molecule has 1 heterocycles. The van der Waals surface area contributed by atoms with Gasteiger partial charge in [-0.3, -0.25) is 9.59 Å². The van der Waals surface area contributed by atoms with Gasteiger partial charge in [0.05, 0.1) is 22.7 Å². The summed E-state index contributed by atoms with van der Waals surface area (Å²) in [6, 6.07) is 0. The second-order valence-corrected chi connectivity index (χ2v) is 5.44. The van der Waals surface area contributed by atoms with Crippen LogP contribution in [0.15, 0.2) is 0 Å². The van der Waals surface area contributed by atoms with Gasteiger partial charge in [0.25, 0.3) is 12.3 Å². The first kappa shape index (κ1) is 16.4. The molecular formula is C12H17F2N3O2S. The average molecular weight is 305 g/mol. The molecule has 0 fully saturated rings. The zero-order valence-electron chi connectivity index (χ0n) is 11.4. The number of carbonyl (C=O) groups excluding carboxylic acids is 2. The maximum absolute atomic E-state index is 12.3. The zero-order valence-corrected chi connectivity index (χ0v) is 12.2. The van der Waals surface area contributed by atoms with Crippen LogP contribution < -0.4 is 16.4 Å². The van der Waals surface area contributed by atoms with Gasteiger partial charge in [0.1, 0.15) is 5.00 Å². The fraction of sp³-hybridized carbons (Fsp3) is 0.500. The molecule has 0 aromatic carbocycles. The SMILES string of the molecule is CNC(=O)c1c(NCC(F)F)sc(C(=O)C(C)C)c1N. The predicted molar refractivity (Wildman–Crippen MR) is 75.8 cm³/mol. The summed E-state index contributed by atoms with van der Waals surface area (Å²) in [4.78, 5) is 24.0. The molecule has 8 heteroatoms. The van der Waals surface area contributed by atoms with Gasteiger partial charge < -0.3 is 16.4 Å². The van der Waals surface area contributed by atoms with Gasteiger partial charge in [-0.15, -0.1) is 11.3 Å². The second-order valence-electron chi connectivity index (χ2n) is 4.42. The highest BCUT2D eigenvalue weighted by Crippen LogP contribution is 2.37. The normalized spacial score (nSPS) is 10.9. The molecule has 0 unspecified atom stereocenters. The maximum atomic E-state index is 12.3. The summed E-state index contributed by atoms with van der Waals surface area (Å²) in [5.74, 6) is -1.03. The first-order valence-electron chi connectivity index (χ1n) is 6.00. The Morgan fingerprint density at radius 2 is 1.95 bits per heavy atom. The van der Waals surface area contributed by atoms with Crippen molar-refractivity contribution in [3.8, 4) is 0 Å². The van der Waals surface area contributed by atoms with E-state index in [1.54, 1.807) is 13.8 Å². The summed E-state index contributed by atoms with van der Waals surface area (Å²) in [7, 11) is 1.40. The maximum Gasteiger partial charge on any atom is 0.256 e. The molecule has 0 aliphatic rings. The van der Waals surface area contributed by atoms with Crippen LogP contribution in [0.5, 0.6) is 0 Å². The van der Waals surface area contributed by atoms with Gasteiger partial charge in [0, 0.05) is 13.0 Å². The number of rotatable bonds is 6. The van der Waals surface area contributed by atoms with Gasteiger partial charge >= 0.3 is 0 Å². The monoisotopic (exact) mass is 305 g/mol. The fourth-order valence-corrected chi connectivity index (χ4v) is 2.75. The standard InChI is InChI=1S/C12H17F2N3O2S/c1-5(2)9(18)10-8(15)7(11(19)16-3)12(20-10)17-4-6(13)14/h5-6,17H,4,15H2,1-3H3,(H,16,19). The van der Waals surface area contributed by atoms with Crippen LogP contribution in [0.2, 0.25) is 0 Å². The van der Waals surface area contributed by atoms with Crippen LogP contribution in [0.25, 0.3) is 0 Å². The molecule has 0 aliphatic heterocycles. The number of ketones is 1. The molecule has 1 amide bonds. The lowest BCUT2D eigenvalue weighted by atomic mass is 10.1. The van der Waals surface area contributed by atoms with Crippen LogP contribution in [-0.2, 0) is 0 Å². The number of halogens is 2. The first-order valence-corrected chi connectivity index (χ1v) is 6.81. The molecule has 0 saturated heterocycles. The van der Waals surface area contributed by atoms with Crippen LogP contribution in [0.4, 0.5) is 19.5 Å². The van der Waals surface area contributed by atoms with Gasteiger partial charge in [-0.2, -0.15) is 0 Å². The van der Waals surface area contributed by atoms with E-state index in [0.29, 0.717) is 0 Å². The zero-order chi connectivity index (χ0) is 15.4. The third kappa shape index (κ3) is 3.44. The molecule has 20 heavy (non-hydrogen) atoms. The van der Waals surface area contributed by atoms with E-state index in [4.69, 9.17) is 5.73 Å². The number of nitrogens with two attached hydrogens (primary N) is 1. The Balaban J connectivity index is 3.24. The third-order valence-corrected chi connectivity index (χ3v) is 3.74. The van der Waals surface area contributed by atoms with E-state index in [-0.39, 0.29) is 32.8 Å². The third-order valence-electron chi connectivity index (χ3n) is 2.56. The molecule has 0 atom stereocenters. The van der Waals surface area contributed by atoms with E-state index in [2.05, 4.69) is 10.6 Å². The van der Waals surface area contributed by atoms with Gasteiger partial charge in [0.15, 0.2) is 5.78 Å². The van der Waals surface area contributed by atoms with Crippen molar-refractivity contribution in [2.24, 2.45) is 5.92 Å². The highest BCUT2D eigenvalue weighted by molar-refractivity contribution is 7.19.